The van der Waals surface area contributed by atoms with Crippen LogP contribution in [0.5, 0.6) is 0 Å². The van der Waals surface area contributed by atoms with E-state index >= 15 is 0 Å². The summed E-state index contributed by atoms with van der Waals surface area (Å²) in [4.78, 5) is 2.01. The summed E-state index contributed by atoms with van der Waals surface area (Å²) in [6.07, 6.45) is 2.67. The SMILES string of the molecule is CN(CCCN)c1cn[nH]n1. The van der Waals surface area contributed by atoms with Crippen LogP contribution in [0.1, 0.15) is 6.42 Å². The average molecular weight is 155 g/mol. The molecule has 1 aromatic heterocycles. The molecule has 0 aliphatic carbocycles. The maximum absolute atomic E-state index is 5.36. The van der Waals surface area contributed by atoms with Gasteiger partial charge in [-0.15, -0.1) is 5.10 Å². The zero-order valence-corrected chi connectivity index (χ0v) is 6.62. The van der Waals surface area contributed by atoms with Gasteiger partial charge in [-0.3, -0.25) is 0 Å². The number of hydrogen-bond donors (Lipinski definition) is 2. The molecule has 0 saturated carbocycles. The predicted octanol–water partition coefficient (Wildman–Crippen LogP) is -0.410. The molecule has 0 unspecified atom stereocenters. The van der Waals surface area contributed by atoms with Crippen LogP contribution in [0, 0.1) is 0 Å². The van der Waals surface area contributed by atoms with Gasteiger partial charge in [0, 0.05) is 13.6 Å². The maximum Gasteiger partial charge on any atom is 0.170 e. The number of nitrogens with one attached hydrogen (secondary N) is 1. The molecule has 11 heavy (non-hydrogen) atoms. The monoisotopic (exact) mass is 155 g/mol. The van der Waals surface area contributed by atoms with Gasteiger partial charge < -0.3 is 10.6 Å². The molecule has 5 nitrogen and oxygen atoms in total. The van der Waals surface area contributed by atoms with Gasteiger partial charge in [0.15, 0.2) is 5.82 Å². The van der Waals surface area contributed by atoms with E-state index in [1.165, 1.54) is 0 Å². The lowest BCUT2D eigenvalue weighted by atomic mass is 10.4. The van der Waals surface area contributed by atoms with E-state index in [4.69, 9.17) is 5.73 Å². The van der Waals surface area contributed by atoms with Gasteiger partial charge in [0.25, 0.3) is 0 Å². The molecule has 1 rings (SSSR count). The third kappa shape index (κ3) is 2.19. The molecule has 0 radical (unpaired) electrons. The summed E-state index contributed by atoms with van der Waals surface area (Å²) >= 11 is 0. The molecule has 3 N–H and O–H groups in total. The molecular weight excluding hydrogens is 142 g/mol. The third-order valence-electron chi connectivity index (χ3n) is 1.49. The highest BCUT2D eigenvalue weighted by atomic mass is 15.4. The molecule has 0 atom stereocenters. The van der Waals surface area contributed by atoms with Gasteiger partial charge in [-0.2, -0.15) is 10.3 Å². The first kappa shape index (κ1) is 8.00. The predicted molar refractivity (Wildman–Crippen MR) is 43.3 cm³/mol. The first-order chi connectivity index (χ1) is 5.34. The second-order valence-electron chi connectivity index (χ2n) is 2.39. The standard InChI is InChI=1S/C6H13N5/c1-11(4-2-3-7)6-5-8-10-9-6/h5H,2-4,7H2,1H3,(H,8,9,10). The Balaban J connectivity index is 2.36. The summed E-state index contributed by atoms with van der Waals surface area (Å²) in [5, 5.41) is 10.2. The number of hydrogen-bond acceptors (Lipinski definition) is 4. The van der Waals surface area contributed by atoms with E-state index in [9.17, 15) is 0 Å². The van der Waals surface area contributed by atoms with Crippen LogP contribution in [-0.4, -0.2) is 35.5 Å². The van der Waals surface area contributed by atoms with Crippen molar-refractivity contribution >= 4 is 5.82 Å². The number of anilines is 1. The van der Waals surface area contributed by atoms with E-state index < -0.39 is 0 Å². The molecular formula is C6H13N5. The fourth-order valence-electron chi connectivity index (χ4n) is 0.822. The van der Waals surface area contributed by atoms with Gasteiger partial charge in [-0.05, 0) is 13.0 Å². The number of aromatic nitrogens is 3. The van der Waals surface area contributed by atoms with Gasteiger partial charge in [0.05, 0.1) is 6.20 Å². The largest absolute Gasteiger partial charge is 0.357 e. The second-order valence-corrected chi connectivity index (χ2v) is 2.39. The third-order valence-corrected chi connectivity index (χ3v) is 1.49. The van der Waals surface area contributed by atoms with E-state index in [0.29, 0.717) is 6.54 Å². The smallest absolute Gasteiger partial charge is 0.170 e. The first-order valence-corrected chi connectivity index (χ1v) is 3.61. The van der Waals surface area contributed by atoms with E-state index in [2.05, 4.69) is 15.4 Å². The minimum absolute atomic E-state index is 0.711. The molecule has 0 aliphatic rings. The lowest BCUT2D eigenvalue weighted by Crippen LogP contribution is -2.21. The fraction of sp³-hybridized carbons (Fsp3) is 0.667. The summed E-state index contributed by atoms with van der Waals surface area (Å²) in [5.74, 6) is 0.860. The lowest BCUT2D eigenvalue weighted by molar-refractivity contribution is 0.783. The zero-order valence-electron chi connectivity index (χ0n) is 6.62. The minimum Gasteiger partial charge on any atom is -0.357 e. The Morgan fingerprint density at radius 1 is 1.73 bits per heavy atom. The van der Waals surface area contributed by atoms with Crippen LogP contribution in [0.4, 0.5) is 5.82 Å². The Morgan fingerprint density at radius 3 is 3.09 bits per heavy atom. The molecule has 0 aromatic carbocycles. The second kappa shape index (κ2) is 3.92. The van der Waals surface area contributed by atoms with Crippen LogP contribution in [-0.2, 0) is 0 Å². The Hall–Kier alpha value is -1.10. The summed E-state index contributed by atoms with van der Waals surface area (Å²) in [5.41, 5.74) is 5.36. The van der Waals surface area contributed by atoms with E-state index in [1.807, 2.05) is 11.9 Å². The summed E-state index contributed by atoms with van der Waals surface area (Å²) < 4.78 is 0. The van der Waals surface area contributed by atoms with Crippen LogP contribution < -0.4 is 10.6 Å². The Morgan fingerprint density at radius 2 is 2.55 bits per heavy atom. The zero-order chi connectivity index (χ0) is 8.10. The quantitative estimate of drug-likeness (QED) is 0.620. The van der Waals surface area contributed by atoms with E-state index in [0.717, 1.165) is 18.8 Å². The van der Waals surface area contributed by atoms with Gasteiger partial charge in [0.2, 0.25) is 0 Å². The lowest BCUT2D eigenvalue weighted by Gasteiger charge is -2.13. The first-order valence-electron chi connectivity index (χ1n) is 3.61. The molecule has 0 spiro atoms. The molecule has 0 amide bonds. The molecule has 0 aliphatic heterocycles. The van der Waals surface area contributed by atoms with Gasteiger partial charge in [-0.1, -0.05) is 0 Å². The fourth-order valence-corrected chi connectivity index (χ4v) is 0.822. The number of nitrogens with two attached hydrogens (primary N) is 1. The Bertz CT molecular complexity index is 183. The highest BCUT2D eigenvalue weighted by Gasteiger charge is 2.00. The normalized spacial score (nSPS) is 10.0. The van der Waals surface area contributed by atoms with Crippen LogP contribution >= 0.6 is 0 Å². The van der Waals surface area contributed by atoms with Crippen LogP contribution in [0.15, 0.2) is 6.20 Å². The molecule has 1 aromatic rings. The average Bonchev–Trinajstić information content (AvgIpc) is 2.52. The topological polar surface area (TPSA) is 70.8 Å². The number of aromatic amines is 1. The van der Waals surface area contributed by atoms with Crippen LogP contribution in [0.25, 0.3) is 0 Å². The van der Waals surface area contributed by atoms with Crippen molar-refractivity contribution < 1.29 is 0 Å². The van der Waals surface area contributed by atoms with Crippen LogP contribution in [0.2, 0.25) is 0 Å². The van der Waals surface area contributed by atoms with Crippen molar-refractivity contribution in [2.24, 2.45) is 5.73 Å². The highest BCUT2D eigenvalue weighted by Crippen LogP contribution is 2.03. The van der Waals surface area contributed by atoms with Crippen LogP contribution in [0.3, 0.4) is 0 Å². The molecule has 0 bridgehead atoms. The highest BCUT2D eigenvalue weighted by molar-refractivity contribution is 5.32. The summed E-state index contributed by atoms with van der Waals surface area (Å²) in [7, 11) is 1.97. The van der Waals surface area contributed by atoms with Crippen molar-refractivity contribution in [2.75, 3.05) is 25.0 Å². The van der Waals surface area contributed by atoms with E-state index in [1.54, 1.807) is 6.20 Å². The van der Waals surface area contributed by atoms with E-state index in [-0.39, 0.29) is 0 Å². The van der Waals surface area contributed by atoms with Gasteiger partial charge in [0.1, 0.15) is 0 Å². The summed E-state index contributed by atoms with van der Waals surface area (Å²) in [6, 6.07) is 0. The van der Waals surface area contributed by atoms with Gasteiger partial charge >= 0.3 is 0 Å². The van der Waals surface area contributed by atoms with Crippen molar-refractivity contribution in [1.82, 2.24) is 15.4 Å². The summed E-state index contributed by atoms with van der Waals surface area (Å²) in [6.45, 7) is 1.63. The molecule has 0 fully saturated rings. The number of rotatable bonds is 4. The molecule has 0 saturated heterocycles. The molecule has 1 heterocycles. The maximum atomic E-state index is 5.36. The van der Waals surface area contributed by atoms with Crippen molar-refractivity contribution in [3.05, 3.63) is 6.20 Å². The Labute approximate surface area is 65.6 Å². The van der Waals surface area contributed by atoms with Crippen molar-refractivity contribution in [2.45, 2.75) is 6.42 Å². The van der Waals surface area contributed by atoms with Crippen molar-refractivity contribution in [3.63, 3.8) is 0 Å². The van der Waals surface area contributed by atoms with Crippen molar-refractivity contribution in [1.29, 1.82) is 0 Å². The Kier molecular flexibility index (Phi) is 2.85. The number of nitrogens with zero attached hydrogens (tertiary/aromatic N) is 3. The van der Waals surface area contributed by atoms with Crippen molar-refractivity contribution in [3.8, 4) is 0 Å². The molecule has 62 valence electrons. The van der Waals surface area contributed by atoms with Gasteiger partial charge in [-0.25, -0.2) is 0 Å². The molecule has 5 heteroatoms. The minimum atomic E-state index is 0.711. The number of H-pyrrole nitrogens is 1.